The van der Waals surface area contributed by atoms with Crippen LogP contribution in [0.5, 0.6) is 0 Å². The average molecular weight is 200 g/mol. The lowest BCUT2D eigenvalue weighted by Gasteiger charge is -2.01. The lowest BCUT2D eigenvalue weighted by molar-refractivity contribution is 0.768. The number of nitrogens with zero attached hydrogens (tertiary/aromatic N) is 2. The van der Waals surface area contributed by atoms with E-state index in [2.05, 4.69) is 5.10 Å². The summed E-state index contributed by atoms with van der Waals surface area (Å²) in [6, 6.07) is 7.57. The summed E-state index contributed by atoms with van der Waals surface area (Å²) < 4.78 is 1.75. The van der Waals surface area contributed by atoms with Gasteiger partial charge in [-0.05, 0) is 11.6 Å². The summed E-state index contributed by atoms with van der Waals surface area (Å²) in [5.41, 5.74) is 8.21. The van der Waals surface area contributed by atoms with Crippen LogP contribution in [0.1, 0.15) is 5.56 Å². The molecule has 1 aromatic heterocycles. The van der Waals surface area contributed by atoms with E-state index < -0.39 is 0 Å². The number of hydrogen-bond acceptors (Lipinski definition) is 2. The van der Waals surface area contributed by atoms with Gasteiger partial charge in [0.05, 0.1) is 6.20 Å². The Kier molecular flexibility index (Phi) is 2.25. The van der Waals surface area contributed by atoms with Crippen molar-refractivity contribution in [3.63, 3.8) is 0 Å². The number of aromatic nitrogens is 2. The second kappa shape index (κ2) is 3.57. The monoisotopic (exact) mass is 200 g/mol. The van der Waals surface area contributed by atoms with E-state index in [0.717, 1.165) is 16.7 Å². The van der Waals surface area contributed by atoms with Crippen LogP contribution in [0, 0.1) is 5.41 Å². The molecule has 0 fully saturated rings. The Morgan fingerprint density at radius 2 is 2.20 bits per heavy atom. The van der Waals surface area contributed by atoms with Crippen LogP contribution in [-0.4, -0.2) is 15.6 Å². The number of benzene rings is 1. The first-order chi connectivity index (χ1) is 7.16. The number of nitrogens with two attached hydrogens (primary N) is 1. The van der Waals surface area contributed by atoms with Crippen molar-refractivity contribution in [1.82, 2.24) is 9.78 Å². The first kappa shape index (κ1) is 9.45. The van der Waals surface area contributed by atoms with Crippen molar-refractivity contribution in [2.45, 2.75) is 0 Å². The van der Waals surface area contributed by atoms with E-state index in [0.29, 0.717) is 0 Å². The van der Waals surface area contributed by atoms with Crippen LogP contribution >= 0.6 is 0 Å². The minimum Gasteiger partial charge on any atom is -0.384 e. The van der Waals surface area contributed by atoms with Crippen molar-refractivity contribution in [3.8, 4) is 11.1 Å². The molecule has 0 aliphatic carbocycles. The van der Waals surface area contributed by atoms with Gasteiger partial charge in [-0.2, -0.15) is 5.10 Å². The molecule has 0 spiro atoms. The molecule has 1 heterocycles. The summed E-state index contributed by atoms with van der Waals surface area (Å²) in [6.45, 7) is 0. The maximum Gasteiger partial charge on any atom is 0.122 e. The molecule has 0 bridgehead atoms. The number of nitrogen functional groups attached to an aromatic ring is 1. The zero-order chi connectivity index (χ0) is 10.8. The third kappa shape index (κ3) is 1.88. The standard InChI is InChI=1S/C11H12N4/c1-15-7-10(6-14-15)8-3-2-4-9(5-8)11(12)13/h2-7H,1H3,(H3,12,13). The Morgan fingerprint density at radius 3 is 2.80 bits per heavy atom. The van der Waals surface area contributed by atoms with Crippen molar-refractivity contribution in [2.24, 2.45) is 12.8 Å². The largest absolute Gasteiger partial charge is 0.384 e. The molecule has 4 nitrogen and oxygen atoms in total. The highest BCUT2D eigenvalue weighted by atomic mass is 15.2. The van der Waals surface area contributed by atoms with Gasteiger partial charge in [0.2, 0.25) is 0 Å². The Bertz CT molecular complexity index is 499. The summed E-state index contributed by atoms with van der Waals surface area (Å²) in [4.78, 5) is 0. The fourth-order valence-corrected chi connectivity index (χ4v) is 1.44. The normalized spacial score (nSPS) is 10.2. The van der Waals surface area contributed by atoms with Gasteiger partial charge in [-0.25, -0.2) is 0 Å². The highest BCUT2D eigenvalue weighted by molar-refractivity contribution is 5.96. The van der Waals surface area contributed by atoms with Gasteiger partial charge in [0, 0.05) is 24.4 Å². The molecular weight excluding hydrogens is 188 g/mol. The number of amidine groups is 1. The molecule has 4 heteroatoms. The van der Waals surface area contributed by atoms with E-state index in [1.807, 2.05) is 37.5 Å². The topological polar surface area (TPSA) is 67.7 Å². The minimum atomic E-state index is 0.0840. The fourth-order valence-electron chi connectivity index (χ4n) is 1.44. The van der Waals surface area contributed by atoms with Crippen molar-refractivity contribution in [3.05, 3.63) is 42.2 Å². The molecule has 2 aromatic rings. The minimum absolute atomic E-state index is 0.0840. The van der Waals surface area contributed by atoms with E-state index in [1.165, 1.54) is 0 Å². The SMILES string of the molecule is Cn1cc(-c2cccc(C(=N)N)c2)cn1. The van der Waals surface area contributed by atoms with E-state index in [9.17, 15) is 0 Å². The first-order valence-electron chi connectivity index (χ1n) is 4.60. The molecule has 15 heavy (non-hydrogen) atoms. The van der Waals surface area contributed by atoms with Crippen LogP contribution in [-0.2, 0) is 7.05 Å². The summed E-state index contributed by atoms with van der Waals surface area (Å²) in [5.74, 6) is 0.0840. The molecule has 0 saturated heterocycles. The maximum absolute atomic E-state index is 7.36. The summed E-state index contributed by atoms with van der Waals surface area (Å²) in [7, 11) is 1.87. The Balaban J connectivity index is 2.45. The third-order valence-electron chi connectivity index (χ3n) is 2.21. The summed E-state index contributed by atoms with van der Waals surface area (Å²) in [5, 5.41) is 11.5. The molecular formula is C11H12N4. The number of rotatable bonds is 2. The van der Waals surface area contributed by atoms with E-state index >= 15 is 0 Å². The van der Waals surface area contributed by atoms with Gasteiger partial charge in [0.15, 0.2) is 0 Å². The molecule has 0 unspecified atom stereocenters. The lowest BCUT2D eigenvalue weighted by atomic mass is 10.1. The highest BCUT2D eigenvalue weighted by Crippen LogP contribution is 2.19. The van der Waals surface area contributed by atoms with Crippen molar-refractivity contribution >= 4 is 5.84 Å². The van der Waals surface area contributed by atoms with Crippen LogP contribution in [0.2, 0.25) is 0 Å². The predicted molar refractivity (Wildman–Crippen MR) is 59.7 cm³/mol. The number of hydrogen-bond donors (Lipinski definition) is 2. The van der Waals surface area contributed by atoms with Crippen LogP contribution in [0.15, 0.2) is 36.7 Å². The molecule has 0 aliphatic heterocycles. The maximum atomic E-state index is 7.36. The zero-order valence-electron chi connectivity index (χ0n) is 8.44. The fraction of sp³-hybridized carbons (Fsp3) is 0.0909. The molecule has 1 aromatic carbocycles. The van der Waals surface area contributed by atoms with Crippen molar-refractivity contribution in [2.75, 3.05) is 0 Å². The molecule has 0 amide bonds. The van der Waals surface area contributed by atoms with Gasteiger partial charge >= 0.3 is 0 Å². The van der Waals surface area contributed by atoms with E-state index in [1.54, 1.807) is 10.9 Å². The number of aryl methyl sites for hydroxylation is 1. The Morgan fingerprint density at radius 1 is 1.40 bits per heavy atom. The molecule has 3 N–H and O–H groups in total. The smallest absolute Gasteiger partial charge is 0.122 e. The van der Waals surface area contributed by atoms with Gasteiger partial charge in [0.25, 0.3) is 0 Å². The average Bonchev–Trinajstić information content (AvgIpc) is 2.65. The second-order valence-corrected chi connectivity index (χ2v) is 3.40. The van der Waals surface area contributed by atoms with Crippen LogP contribution in [0.25, 0.3) is 11.1 Å². The molecule has 76 valence electrons. The van der Waals surface area contributed by atoms with Gasteiger partial charge in [0.1, 0.15) is 5.84 Å². The zero-order valence-corrected chi connectivity index (χ0v) is 8.44. The number of nitrogens with one attached hydrogen (secondary N) is 1. The third-order valence-corrected chi connectivity index (χ3v) is 2.21. The lowest BCUT2D eigenvalue weighted by Crippen LogP contribution is -2.10. The van der Waals surface area contributed by atoms with Gasteiger partial charge in [-0.3, -0.25) is 10.1 Å². The highest BCUT2D eigenvalue weighted by Gasteiger charge is 2.02. The van der Waals surface area contributed by atoms with Crippen LogP contribution in [0.3, 0.4) is 0 Å². The summed E-state index contributed by atoms with van der Waals surface area (Å²) >= 11 is 0. The Hall–Kier alpha value is -2.10. The first-order valence-corrected chi connectivity index (χ1v) is 4.60. The van der Waals surface area contributed by atoms with Gasteiger partial charge < -0.3 is 5.73 Å². The van der Waals surface area contributed by atoms with Crippen molar-refractivity contribution in [1.29, 1.82) is 5.41 Å². The quantitative estimate of drug-likeness (QED) is 0.568. The van der Waals surface area contributed by atoms with Crippen LogP contribution < -0.4 is 5.73 Å². The van der Waals surface area contributed by atoms with E-state index in [-0.39, 0.29) is 5.84 Å². The molecule has 0 aliphatic rings. The van der Waals surface area contributed by atoms with Crippen LogP contribution in [0.4, 0.5) is 0 Å². The second-order valence-electron chi connectivity index (χ2n) is 3.40. The van der Waals surface area contributed by atoms with E-state index in [4.69, 9.17) is 11.1 Å². The molecule has 0 saturated carbocycles. The summed E-state index contributed by atoms with van der Waals surface area (Å²) in [6.07, 6.45) is 3.72. The van der Waals surface area contributed by atoms with Crippen molar-refractivity contribution < 1.29 is 0 Å². The molecule has 2 rings (SSSR count). The predicted octanol–water partition coefficient (Wildman–Crippen LogP) is 1.37. The Labute approximate surface area is 87.9 Å². The van der Waals surface area contributed by atoms with Gasteiger partial charge in [-0.1, -0.05) is 18.2 Å². The molecule has 0 atom stereocenters. The molecule has 0 radical (unpaired) electrons. The van der Waals surface area contributed by atoms with Gasteiger partial charge in [-0.15, -0.1) is 0 Å².